The van der Waals surface area contributed by atoms with E-state index in [1.54, 1.807) is 13.8 Å². The molecule has 0 aliphatic rings. The third kappa shape index (κ3) is 3.41. The highest BCUT2D eigenvalue weighted by molar-refractivity contribution is 7.93. The van der Waals surface area contributed by atoms with Gasteiger partial charge in [-0.2, -0.15) is 0 Å². The molecule has 0 amide bonds. The van der Waals surface area contributed by atoms with Crippen molar-refractivity contribution in [2.75, 3.05) is 11.3 Å². The monoisotopic (exact) mass is 260 g/mol. The quantitative estimate of drug-likeness (QED) is 0.845. The lowest BCUT2D eigenvalue weighted by molar-refractivity contribution is 0.581. The zero-order valence-electron chi connectivity index (χ0n) is 9.90. The number of nitrogens with two attached hydrogens (primary N) is 1. The Balaban J connectivity index is 2.94. The second-order valence-electron chi connectivity index (χ2n) is 3.88. The second kappa shape index (κ2) is 5.46. The van der Waals surface area contributed by atoms with E-state index in [-0.39, 0.29) is 12.4 Å². The van der Waals surface area contributed by atoms with E-state index < -0.39 is 15.3 Å². The third-order valence-corrected chi connectivity index (χ3v) is 4.50. The van der Waals surface area contributed by atoms with E-state index in [1.165, 1.54) is 18.2 Å². The lowest BCUT2D eigenvalue weighted by atomic mass is 10.2. The van der Waals surface area contributed by atoms with Gasteiger partial charge in [-0.05, 0) is 37.1 Å². The topological polar surface area (TPSA) is 72.2 Å². The van der Waals surface area contributed by atoms with Crippen molar-refractivity contribution >= 4 is 15.7 Å². The average Bonchev–Trinajstić information content (AvgIpc) is 2.24. The minimum atomic E-state index is -3.50. The fourth-order valence-electron chi connectivity index (χ4n) is 1.47. The van der Waals surface area contributed by atoms with Gasteiger partial charge in [0.05, 0.1) is 5.25 Å². The van der Waals surface area contributed by atoms with Crippen molar-refractivity contribution in [2.45, 2.75) is 25.5 Å². The molecular weight excluding hydrogens is 243 g/mol. The van der Waals surface area contributed by atoms with Crippen molar-refractivity contribution in [1.82, 2.24) is 0 Å². The predicted octanol–water partition coefficient (Wildman–Crippen LogP) is 1.61. The van der Waals surface area contributed by atoms with Gasteiger partial charge in [-0.1, -0.05) is 6.92 Å². The highest BCUT2D eigenvalue weighted by atomic mass is 32.2. The van der Waals surface area contributed by atoms with Crippen LogP contribution in [0.4, 0.5) is 10.1 Å². The number of aryl methyl sites for hydroxylation is 1. The Bertz CT molecular complexity index is 484. The number of hydrogen-bond acceptors (Lipinski definition) is 3. The van der Waals surface area contributed by atoms with E-state index in [1.807, 2.05) is 0 Å². The van der Waals surface area contributed by atoms with Crippen molar-refractivity contribution in [3.8, 4) is 0 Å². The molecule has 0 aromatic heterocycles. The SMILES string of the molecule is CCC(CN)S(=O)(=O)Nc1ccc(F)c(C)c1. The summed E-state index contributed by atoms with van der Waals surface area (Å²) in [6, 6.07) is 4.08. The zero-order valence-corrected chi connectivity index (χ0v) is 10.7. The molecule has 4 nitrogen and oxygen atoms in total. The molecule has 6 heteroatoms. The van der Waals surface area contributed by atoms with Gasteiger partial charge in [0.1, 0.15) is 5.82 Å². The van der Waals surface area contributed by atoms with Crippen molar-refractivity contribution in [3.05, 3.63) is 29.6 Å². The first-order chi connectivity index (χ1) is 7.90. The average molecular weight is 260 g/mol. The summed E-state index contributed by atoms with van der Waals surface area (Å²) in [6.07, 6.45) is 0.437. The van der Waals surface area contributed by atoms with E-state index in [2.05, 4.69) is 4.72 Å². The van der Waals surface area contributed by atoms with E-state index in [0.29, 0.717) is 17.7 Å². The smallest absolute Gasteiger partial charge is 0.236 e. The minimum absolute atomic E-state index is 0.0615. The van der Waals surface area contributed by atoms with Crippen LogP contribution in [0.1, 0.15) is 18.9 Å². The Morgan fingerprint density at radius 3 is 2.59 bits per heavy atom. The first-order valence-corrected chi connectivity index (χ1v) is 6.93. The highest BCUT2D eigenvalue weighted by Gasteiger charge is 2.22. The van der Waals surface area contributed by atoms with Gasteiger partial charge < -0.3 is 5.73 Å². The zero-order chi connectivity index (χ0) is 13.1. The van der Waals surface area contributed by atoms with Gasteiger partial charge in [0, 0.05) is 12.2 Å². The molecule has 0 fully saturated rings. The maximum atomic E-state index is 13.0. The summed E-state index contributed by atoms with van der Waals surface area (Å²) in [5, 5.41) is -0.632. The lowest BCUT2D eigenvalue weighted by Crippen LogP contribution is -2.33. The Morgan fingerprint density at radius 2 is 2.12 bits per heavy atom. The lowest BCUT2D eigenvalue weighted by Gasteiger charge is -2.15. The minimum Gasteiger partial charge on any atom is -0.329 e. The summed E-state index contributed by atoms with van der Waals surface area (Å²) in [5.41, 5.74) is 6.15. The van der Waals surface area contributed by atoms with Crippen LogP contribution >= 0.6 is 0 Å². The molecule has 1 unspecified atom stereocenters. The van der Waals surface area contributed by atoms with Crippen molar-refractivity contribution in [2.24, 2.45) is 5.73 Å². The second-order valence-corrected chi connectivity index (χ2v) is 5.84. The number of anilines is 1. The molecule has 0 saturated heterocycles. The molecule has 0 aliphatic carbocycles. The Morgan fingerprint density at radius 1 is 1.47 bits per heavy atom. The summed E-state index contributed by atoms with van der Waals surface area (Å²) in [6.45, 7) is 3.39. The molecule has 0 spiro atoms. The van der Waals surface area contributed by atoms with Gasteiger partial charge >= 0.3 is 0 Å². The summed E-state index contributed by atoms with van der Waals surface area (Å²) in [5.74, 6) is -0.362. The van der Waals surface area contributed by atoms with Gasteiger partial charge in [-0.3, -0.25) is 4.72 Å². The first-order valence-electron chi connectivity index (χ1n) is 5.38. The van der Waals surface area contributed by atoms with Gasteiger partial charge in [-0.15, -0.1) is 0 Å². The molecule has 0 saturated carbocycles. The molecule has 0 heterocycles. The van der Waals surface area contributed by atoms with Gasteiger partial charge in [-0.25, -0.2) is 12.8 Å². The highest BCUT2D eigenvalue weighted by Crippen LogP contribution is 2.17. The van der Waals surface area contributed by atoms with E-state index in [4.69, 9.17) is 5.73 Å². The van der Waals surface area contributed by atoms with E-state index in [9.17, 15) is 12.8 Å². The van der Waals surface area contributed by atoms with E-state index >= 15 is 0 Å². The van der Waals surface area contributed by atoms with E-state index in [0.717, 1.165) is 0 Å². The fraction of sp³-hybridized carbons (Fsp3) is 0.455. The fourth-order valence-corrected chi connectivity index (χ4v) is 2.78. The summed E-state index contributed by atoms with van der Waals surface area (Å²) < 4.78 is 39.2. The standard InChI is InChI=1S/C11H17FN2O2S/c1-3-10(7-13)17(15,16)14-9-4-5-11(12)8(2)6-9/h4-6,10,14H,3,7,13H2,1-2H3. The molecule has 1 rings (SSSR count). The van der Waals surface area contributed by atoms with Crippen molar-refractivity contribution in [3.63, 3.8) is 0 Å². The molecule has 1 atom stereocenters. The number of halogens is 1. The van der Waals surface area contributed by atoms with Crippen LogP contribution in [0.15, 0.2) is 18.2 Å². The number of benzene rings is 1. The van der Waals surface area contributed by atoms with Crippen LogP contribution in [0.3, 0.4) is 0 Å². The molecule has 1 aromatic rings. The Kier molecular flexibility index (Phi) is 4.47. The first kappa shape index (κ1) is 13.9. The number of nitrogens with one attached hydrogen (secondary N) is 1. The third-order valence-electron chi connectivity index (χ3n) is 2.58. The summed E-state index contributed by atoms with van der Waals surface area (Å²) >= 11 is 0. The van der Waals surface area contributed by atoms with Crippen molar-refractivity contribution < 1.29 is 12.8 Å². The van der Waals surface area contributed by atoms with Crippen LogP contribution in [-0.2, 0) is 10.0 Å². The van der Waals surface area contributed by atoms with Gasteiger partial charge in [0.2, 0.25) is 10.0 Å². The molecule has 0 aliphatic heterocycles. The van der Waals surface area contributed by atoms with Crippen LogP contribution in [0, 0.1) is 12.7 Å². The number of hydrogen-bond donors (Lipinski definition) is 2. The van der Waals surface area contributed by atoms with Gasteiger partial charge in [0.15, 0.2) is 0 Å². The maximum absolute atomic E-state index is 13.0. The summed E-state index contributed by atoms with van der Waals surface area (Å²) in [4.78, 5) is 0. The number of sulfonamides is 1. The van der Waals surface area contributed by atoms with Gasteiger partial charge in [0.25, 0.3) is 0 Å². The largest absolute Gasteiger partial charge is 0.329 e. The molecule has 17 heavy (non-hydrogen) atoms. The molecule has 0 bridgehead atoms. The Hall–Kier alpha value is -1.14. The van der Waals surface area contributed by atoms with Crippen molar-refractivity contribution in [1.29, 1.82) is 0 Å². The number of rotatable bonds is 5. The normalized spacial score (nSPS) is 13.4. The summed E-state index contributed by atoms with van der Waals surface area (Å²) in [7, 11) is -3.50. The molecule has 3 N–H and O–H groups in total. The Labute approximate surface area is 101 Å². The molecular formula is C11H17FN2O2S. The molecule has 96 valence electrons. The van der Waals surface area contributed by atoms with Crippen LogP contribution in [0.2, 0.25) is 0 Å². The van der Waals surface area contributed by atoms with Crippen LogP contribution in [0.25, 0.3) is 0 Å². The molecule has 1 aromatic carbocycles. The predicted molar refractivity (Wildman–Crippen MR) is 66.8 cm³/mol. The van der Waals surface area contributed by atoms with Crippen LogP contribution in [-0.4, -0.2) is 20.2 Å². The molecule has 0 radical (unpaired) electrons. The van der Waals surface area contributed by atoms with Crippen LogP contribution in [0.5, 0.6) is 0 Å². The van der Waals surface area contributed by atoms with Crippen LogP contribution < -0.4 is 10.5 Å². The maximum Gasteiger partial charge on any atom is 0.236 e.